The molecule has 1 aliphatic carbocycles. The van der Waals surface area contributed by atoms with Gasteiger partial charge in [0.05, 0.1) is 0 Å². The van der Waals surface area contributed by atoms with Gasteiger partial charge in [-0.25, -0.2) is 0 Å². The minimum absolute atomic E-state index is 0.0613. The number of hydrogen-bond donors (Lipinski definition) is 3. The predicted octanol–water partition coefficient (Wildman–Crippen LogP) is 4.00. The Labute approximate surface area is 171 Å². The van der Waals surface area contributed by atoms with E-state index in [0.717, 1.165) is 30.7 Å². The molecule has 2 aromatic carbocycles. The van der Waals surface area contributed by atoms with E-state index in [1.807, 2.05) is 18.2 Å². The van der Waals surface area contributed by atoms with Crippen LogP contribution < -0.4 is 20.9 Å². The molecule has 148 valence electrons. The van der Waals surface area contributed by atoms with Gasteiger partial charge in [0.15, 0.2) is 11.7 Å². The molecule has 0 aliphatic heterocycles. The number of thiocarbonyl (C=S) groups is 1. The molecule has 5 nitrogen and oxygen atoms in total. The fraction of sp³-hybridized carbons (Fsp3) is 0.364. The third kappa shape index (κ3) is 5.01. The molecule has 3 rings (SSSR count). The van der Waals surface area contributed by atoms with Gasteiger partial charge in [0.2, 0.25) is 0 Å². The Kier molecular flexibility index (Phi) is 6.52. The van der Waals surface area contributed by atoms with Crippen LogP contribution in [0, 0.1) is 6.92 Å². The molecule has 0 heterocycles. The number of ether oxygens (including phenoxy) is 1. The molecule has 0 bridgehead atoms. The number of benzene rings is 2. The summed E-state index contributed by atoms with van der Waals surface area (Å²) in [5, 5.41) is 3.36. The maximum absolute atomic E-state index is 12.1. The van der Waals surface area contributed by atoms with E-state index in [-0.39, 0.29) is 12.5 Å². The van der Waals surface area contributed by atoms with Crippen molar-refractivity contribution < 1.29 is 9.53 Å². The molecular formula is C22H27N3O2S. The van der Waals surface area contributed by atoms with Crippen molar-refractivity contribution in [3.05, 3.63) is 58.7 Å². The average Bonchev–Trinajstić information content (AvgIpc) is 3.17. The minimum atomic E-state index is -0.286. The Bertz CT molecular complexity index is 863. The molecule has 0 aromatic heterocycles. The first-order valence-corrected chi connectivity index (χ1v) is 10.0. The van der Waals surface area contributed by atoms with Crippen LogP contribution in [0.1, 0.15) is 48.4 Å². The summed E-state index contributed by atoms with van der Waals surface area (Å²) in [6.45, 7) is 6.36. The first-order chi connectivity index (χ1) is 13.4. The van der Waals surface area contributed by atoms with Crippen molar-refractivity contribution in [2.24, 2.45) is 0 Å². The third-order valence-electron chi connectivity index (χ3n) is 4.99. The molecule has 0 saturated carbocycles. The fourth-order valence-corrected chi connectivity index (χ4v) is 3.58. The summed E-state index contributed by atoms with van der Waals surface area (Å²) < 4.78 is 5.74. The summed E-state index contributed by atoms with van der Waals surface area (Å²) in [6, 6.07) is 12.1. The highest BCUT2D eigenvalue weighted by atomic mass is 32.1. The number of anilines is 1. The van der Waals surface area contributed by atoms with Crippen molar-refractivity contribution in [3.63, 3.8) is 0 Å². The van der Waals surface area contributed by atoms with E-state index >= 15 is 0 Å². The van der Waals surface area contributed by atoms with E-state index in [9.17, 15) is 4.79 Å². The zero-order valence-electron chi connectivity index (χ0n) is 16.6. The van der Waals surface area contributed by atoms with Crippen LogP contribution in [0.25, 0.3) is 0 Å². The number of aryl methyl sites for hydroxylation is 1. The van der Waals surface area contributed by atoms with Gasteiger partial charge in [0.25, 0.3) is 5.91 Å². The number of rotatable bonds is 5. The SMILES string of the molecule is Cc1ccc(OCC(=O)NNC(=S)Nc2ccc(C(C)C)cc2)c2c1CCC2. The Morgan fingerprint density at radius 1 is 1.07 bits per heavy atom. The lowest BCUT2D eigenvalue weighted by molar-refractivity contribution is -0.123. The molecule has 0 saturated heterocycles. The molecule has 0 fully saturated rings. The summed E-state index contributed by atoms with van der Waals surface area (Å²) in [6.07, 6.45) is 3.24. The van der Waals surface area contributed by atoms with Crippen LogP contribution >= 0.6 is 12.2 Å². The summed E-state index contributed by atoms with van der Waals surface area (Å²) in [5.41, 5.74) is 11.3. The summed E-state index contributed by atoms with van der Waals surface area (Å²) in [7, 11) is 0. The van der Waals surface area contributed by atoms with Gasteiger partial charge in [-0.2, -0.15) is 0 Å². The van der Waals surface area contributed by atoms with Crippen LogP contribution in [0.3, 0.4) is 0 Å². The molecule has 6 heteroatoms. The van der Waals surface area contributed by atoms with Crippen molar-refractivity contribution in [2.45, 2.75) is 46.0 Å². The topological polar surface area (TPSA) is 62.4 Å². The second kappa shape index (κ2) is 9.06. The Morgan fingerprint density at radius 3 is 2.50 bits per heavy atom. The van der Waals surface area contributed by atoms with Crippen molar-refractivity contribution in [1.82, 2.24) is 10.9 Å². The Hall–Kier alpha value is -2.60. The van der Waals surface area contributed by atoms with Crippen molar-refractivity contribution >= 4 is 28.9 Å². The van der Waals surface area contributed by atoms with Crippen LogP contribution in [-0.2, 0) is 17.6 Å². The lowest BCUT2D eigenvalue weighted by atomic mass is 10.0. The van der Waals surface area contributed by atoms with Crippen LogP contribution in [0.4, 0.5) is 5.69 Å². The quantitative estimate of drug-likeness (QED) is 0.526. The van der Waals surface area contributed by atoms with Gasteiger partial charge in [0, 0.05) is 5.69 Å². The highest BCUT2D eigenvalue weighted by Gasteiger charge is 2.18. The van der Waals surface area contributed by atoms with E-state index in [0.29, 0.717) is 11.0 Å². The largest absolute Gasteiger partial charge is 0.483 e. The number of nitrogens with one attached hydrogen (secondary N) is 3. The second-order valence-electron chi connectivity index (χ2n) is 7.38. The molecule has 0 atom stereocenters. The molecule has 28 heavy (non-hydrogen) atoms. The van der Waals surface area contributed by atoms with Gasteiger partial charge in [0.1, 0.15) is 5.75 Å². The maximum Gasteiger partial charge on any atom is 0.276 e. The molecule has 1 aliphatic rings. The predicted molar refractivity (Wildman–Crippen MR) is 117 cm³/mol. The first kappa shape index (κ1) is 20.1. The first-order valence-electron chi connectivity index (χ1n) is 9.64. The molecule has 3 N–H and O–H groups in total. The van der Waals surface area contributed by atoms with E-state index in [1.54, 1.807) is 0 Å². The Morgan fingerprint density at radius 2 is 1.79 bits per heavy atom. The van der Waals surface area contributed by atoms with Crippen molar-refractivity contribution in [1.29, 1.82) is 0 Å². The molecule has 0 spiro atoms. The van der Waals surface area contributed by atoms with Gasteiger partial charge in [-0.3, -0.25) is 15.6 Å². The Balaban J connectivity index is 1.44. The summed E-state index contributed by atoms with van der Waals surface area (Å²) in [4.78, 5) is 12.1. The van der Waals surface area contributed by atoms with Gasteiger partial charge >= 0.3 is 0 Å². The van der Waals surface area contributed by atoms with Crippen LogP contribution in [0.15, 0.2) is 36.4 Å². The number of hydrogen-bond acceptors (Lipinski definition) is 3. The maximum atomic E-state index is 12.1. The zero-order chi connectivity index (χ0) is 20.1. The van der Waals surface area contributed by atoms with E-state index in [2.05, 4.69) is 55.1 Å². The lowest BCUT2D eigenvalue weighted by Gasteiger charge is -2.14. The van der Waals surface area contributed by atoms with Gasteiger partial charge in [-0.15, -0.1) is 0 Å². The number of amides is 1. The van der Waals surface area contributed by atoms with E-state index in [1.165, 1.54) is 22.3 Å². The van der Waals surface area contributed by atoms with Gasteiger partial charge in [-0.05, 0) is 84.8 Å². The lowest BCUT2D eigenvalue weighted by Crippen LogP contribution is -2.45. The number of carbonyl (C=O) groups excluding carboxylic acids is 1. The van der Waals surface area contributed by atoms with Gasteiger partial charge < -0.3 is 10.1 Å². The number of hydrazine groups is 1. The number of fused-ring (bicyclic) bond motifs is 1. The van der Waals surface area contributed by atoms with E-state index in [4.69, 9.17) is 17.0 Å². The summed E-state index contributed by atoms with van der Waals surface area (Å²) in [5.74, 6) is 0.999. The van der Waals surface area contributed by atoms with Crippen LogP contribution in [-0.4, -0.2) is 17.6 Å². The van der Waals surface area contributed by atoms with Crippen molar-refractivity contribution in [3.8, 4) is 5.75 Å². The highest BCUT2D eigenvalue weighted by molar-refractivity contribution is 7.80. The second-order valence-corrected chi connectivity index (χ2v) is 7.79. The molecule has 0 radical (unpaired) electrons. The van der Waals surface area contributed by atoms with E-state index < -0.39 is 0 Å². The number of carbonyl (C=O) groups is 1. The minimum Gasteiger partial charge on any atom is -0.483 e. The zero-order valence-corrected chi connectivity index (χ0v) is 17.4. The monoisotopic (exact) mass is 397 g/mol. The standard InChI is InChI=1S/C22H27N3O2S/c1-14(2)16-8-10-17(11-9-16)23-22(28)25-24-21(26)13-27-20-12-7-15(3)18-5-4-6-19(18)20/h7-12,14H,4-6,13H2,1-3H3,(H,24,26)(H2,23,25,28). The molecular weight excluding hydrogens is 370 g/mol. The normalized spacial score (nSPS) is 12.4. The average molecular weight is 398 g/mol. The smallest absolute Gasteiger partial charge is 0.276 e. The summed E-state index contributed by atoms with van der Waals surface area (Å²) >= 11 is 5.22. The van der Waals surface area contributed by atoms with Crippen LogP contribution in [0.5, 0.6) is 5.75 Å². The van der Waals surface area contributed by atoms with Gasteiger partial charge in [-0.1, -0.05) is 32.0 Å². The van der Waals surface area contributed by atoms with Crippen LogP contribution in [0.2, 0.25) is 0 Å². The highest BCUT2D eigenvalue weighted by Crippen LogP contribution is 2.32. The fourth-order valence-electron chi connectivity index (χ4n) is 3.41. The van der Waals surface area contributed by atoms with Crippen molar-refractivity contribution in [2.75, 3.05) is 11.9 Å². The third-order valence-corrected chi connectivity index (χ3v) is 5.19. The molecule has 0 unspecified atom stereocenters. The molecule has 2 aromatic rings. The molecule has 1 amide bonds.